The Bertz CT molecular complexity index is 724. The maximum atomic E-state index is 11.8. The highest BCUT2D eigenvalue weighted by Gasteiger charge is 2.32. The summed E-state index contributed by atoms with van der Waals surface area (Å²) in [4.78, 5) is 24.3. The van der Waals surface area contributed by atoms with E-state index in [1.54, 1.807) is 25.6 Å². The molecule has 8 heteroatoms. The van der Waals surface area contributed by atoms with Crippen LogP contribution in [0, 0.1) is 0 Å². The van der Waals surface area contributed by atoms with Crippen LogP contribution in [0.2, 0.25) is 0 Å². The Balaban J connectivity index is 1.42. The van der Waals surface area contributed by atoms with E-state index in [1.165, 1.54) is 0 Å². The first kappa shape index (κ1) is 14.0. The molecule has 2 aliphatic heterocycles. The Labute approximate surface area is 133 Å². The van der Waals surface area contributed by atoms with Crippen molar-refractivity contribution in [2.24, 2.45) is 0 Å². The quantitative estimate of drug-likeness (QED) is 0.833. The molecule has 2 aromatic rings. The smallest absolute Gasteiger partial charge is 0.228 e. The van der Waals surface area contributed by atoms with Gasteiger partial charge in [0.05, 0.1) is 25.0 Å². The molecule has 2 aromatic heterocycles. The Morgan fingerprint density at radius 2 is 2.22 bits per heavy atom. The van der Waals surface area contributed by atoms with E-state index in [4.69, 9.17) is 4.74 Å². The zero-order valence-electron chi connectivity index (χ0n) is 12.9. The monoisotopic (exact) mass is 314 g/mol. The molecule has 0 unspecified atom stereocenters. The van der Waals surface area contributed by atoms with Crippen LogP contribution in [0.1, 0.15) is 18.9 Å². The second kappa shape index (κ2) is 5.53. The van der Waals surface area contributed by atoms with Crippen molar-refractivity contribution in [2.45, 2.75) is 18.9 Å². The van der Waals surface area contributed by atoms with E-state index in [2.05, 4.69) is 20.0 Å². The van der Waals surface area contributed by atoms with E-state index in [0.29, 0.717) is 18.2 Å². The van der Waals surface area contributed by atoms with Crippen LogP contribution < -0.4 is 14.5 Å². The van der Waals surface area contributed by atoms with Gasteiger partial charge in [-0.3, -0.25) is 9.48 Å². The average Bonchev–Trinajstić information content (AvgIpc) is 3.15. The highest BCUT2D eigenvalue weighted by atomic mass is 16.5. The summed E-state index contributed by atoms with van der Waals surface area (Å²) < 4.78 is 7.05. The van der Waals surface area contributed by atoms with Gasteiger partial charge in [0, 0.05) is 44.5 Å². The van der Waals surface area contributed by atoms with Crippen molar-refractivity contribution < 1.29 is 9.53 Å². The van der Waals surface area contributed by atoms with Gasteiger partial charge in [-0.1, -0.05) is 0 Å². The first-order chi connectivity index (χ1) is 11.2. The van der Waals surface area contributed by atoms with Crippen LogP contribution in [0.15, 0.2) is 24.7 Å². The lowest BCUT2D eigenvalue weighted by molar-refractivity contribution is -0.117. The molecule has 2 aliphatic rings. The van der Waals surface area contributed by atoms with E-state index in [0.717, 1.165) is 31.7 Å². The molecule has 0 bridgehead atoms. The molecule has 1 amide bonds. The van der Waals surface area contributed by atoms with Gasteiger partial charge in [0.15, 0.2) is 0 Å². The molecule has 0 atom stereocenters. The fourth-order valence-corrected chi connectivity index (χ4v) is 2.97. The van der Waals surface area contributed by atoms with Crippen LogP contribution in [0.25, 0.3) is 0 Å². The molecule has 0 saturated carbocycles. The maximum absolute atomic E-state index is 11.8. The summed E-state index contributed by atoms with van der Waals surface area (Å²) in [7, 11) is 1.59. The minimum atomic E-state index is 0.185. The van der Waals surface area contributed by atoms with Crippen molar-refractivity contribution in [3.05, 3.63) is 24.7 Å². The number of hydrogen-bond donors (Lipinski definition) is 0. The summed E-state index contributed by atoms with van der Waals surface area (Å²) in [5.74, 6) is 1.42. The highest BCUT2D eigenvalue weighted by Crippen LogP contribution is 2.28. The van der Waals surface area contributed by atoms with Crippen molar-refractivity contribution >= 4 is 17.5 Å². The standard InChI is InChI=1S/C15H18N6O2/c1-23-13-4-5-16-15(18-13)19-8-12(9-19)21-10-11(7-17-21)20-6-2-3-14(20)22/h4-5,7,10,12H,2-3,6,8-9H2,1H3. The third-order valence-corrected chi connectivity index (χ3v) is 4.32. The van der Waals surface area contributed by atoms with Crippen molar-refractivity contribution in [1.29, 1.82) is 0 Å². The molecule has 2 saturated heterocycles. The van der Waals surface area contributed by atoms with Crippen LogP contribution >= 0.6 is 0 Å². The molecular formula is C15H18N6O2. The second-order valence-electron chi connectivity index (χ2n) is 5.79. The number of carbonyl (C=O) groups excluding carboxylic acids is 1. The number of methoxy groups -OCH3 is 1. The number of amides is 1. The number of anilines is 2. The molecule has 4 rings (SSSR count). The van der Waals surface area contributed by atoms with E-state index in [-0.39, 0.29) is 11.9 Å². The van der Waals surface area contributed by atoms with Crippen LogP contribution in [0.4, 0.5) is 11.6 Å². The maximum Gasteiger partial charge on any atom is 0.228 e. The number of rotatable bonds is 4. The van der Waals surface area contributed by atoms with Crippen molar-refractivity contribution in [1.82, 2.24) is 19.7 Å². The lowest BCUT2D eigenvalue weighted by Gasteiger charge is -2.39. The predicted octanol–water partition coefficient (Wildman–Crippen LogP) is 0.870. The van der Waals surface area contributed by atoms with Gasteiger partial charge in [-0.15, -0.1) is 0 Å². The minimum Gasteiger partial charge on any atom is -0.481 e. The van der Waals surface area contributed by atoms with Gasteiger partial charge < -0.3 is 14.5 Å². The summed E-state index contributed by atoms with van der Waals surface area (Å²) >= 11 is 0. The van der Waals surface area contributed by atoms with Crippen LogP contribution in [0.3, 0.4) is 0 Å². The Morgan fingerprint density at radius 1 is 1.35 bits per heavy atom. The normalized spacial score (nSPS) is 18.4. The van der Waals surface area contributed by atoms with E-state index >= 15 is 0 Å². The summed E-state index contributed by atoms with van der Waals surface area (Å²) in [5, 5.41) is 4.41. The van der Waals surface area contributed by atoms with Crippen molar-refractivity contribution in [3.63, 3.8) is 0 Å². The topological polar surface area (TPSA) is 76.4 Å². The van der Waals surface area contributed by atoms with Gasteiger partial charge in [0.2, 0.25) is 17.7 Å². The van der Waals surface area contributed by atoms with E-state index < -0.39 is 0 Å². The van der Waals surface area contributed by atoms with Gasteiger partial charge >= 0.3 is 0 Å². The SMILES string of the molecule is COc1ccnc(N2CC(n3cc(N4CCCC4=O)cn3)C2)n1. The number of ether oxygens (including phenoxy) is 1. The fraction of sp³-hybridized carbons (Fsp3) is 0.467. The van der Waals surface area contributed by atoms with Gasteiger partial charge in [-0.05, 0) is 6.42 Å². The third kappa shape index (κ3) is 2.49. The molecule has 8 nitrogen and oxygen atoms in total. The molecule has 0 aromatic carbocycles. The average molecular weight is 314 g/mol. The zero-order chi connectivity index (χ0) is 15.8. The zero-order valence-corrected chi connectivity index (χ0v) is 12.9. The Hall–Kier alpha value is -2.64. The summed E-state index contributed by atoms with van der Waals surface area (Å²) in [6.45, 7) is 2.38. The van der Waals surface area contributed by atoms with Gasteiger partial charge in [-0.25, -0.2) is 4.98 Å². The predicted molar refractivity (Wildman–Crippen MR) is 83.6 cm³/mol. The van der Waals surface area contributed by atoms with Gasteiger partial charge in [0.1, 0.15) is 0 Å². The lowest BCUT2D eigenvalue weighted by Crippen LogP contribution is -2.48. The van der Waals surface area contributed by atoms with Crippen LogP contribution in [0.5, 0.6) is 5.88 Å². The third-order valence-electron chi connectivity index (χ3n) is 4.32. The van der Waals surface area contributed by atoms with Crippen LogP contribution in [-0.4, -0.2) is 52.4 Å². The van der Waals surface area contributed by atoms with Crippen molar-refractivity contribution in [2.75, 3.05) is 36.5 Å². The summed E-state index contributed by atoms with van der Waals surface area (Å²) in [6, 6.07) is 2.00. The lowest BCUT2D eigenvalue weighted by atomic mass is 10.1. The number of hydrogen-bond acceptors (Lipinski definition) is 6. The Morgan fingerprint density at radius 3 is 2.96 bits per heavy atom. The summed E-state index contributed by atoms with van der Waals surface area (Å²) in [6.07, 6.45) is 6.98. The molecule has 0 N–H and O–H groups in total. The van der Waals surface area contributed by atoms with Crippen molar-refractivity contribution in [3.8, 4) is 5.88 Å². The van der Waals surface area contributed by atoms with E-state index in [1.807, 2.05) is 15.8 Å². The Kier molecular flexibility index (Phi) is 3.36. The number of nitrogens with zero attached hydrogens (tertiary/aromatic N) is 6. The molecule has 23 heavy (non-hydrogen) atoms. The molecule has 0 aliphatic carbocycles. The van der Waals surface area contributed by atoms with Gasteiger partial charge in [-0.2, -0.15) is 10.1 Å². The molecule has 0 spiro atoms. The first-order valence-corrected chi connectivity index (χ1v) is 7.71. The molecule has 120 valence electrons. The number of aromatic nitrogens is 4. The number of carbonyl (C=O) groups is 1. The minimum absolute atomic E-state index is 0.185. The molecular weight excluding hydrogens is 296 g/mol. The highest BCUT2D eigenvalue weighted by molar-refractivity contribution is 5.95. The van der Waals surface area contributed by atoms with E-state index in [9.17, 15) is 4.79 Å². The second-order valence-corrected chi connectivity index (χ2v) is 5.79. The summed E-state index contributed by atoms with van der Waals surface area (Å²) in [5.41, 5.74) is 0.892. The molecule has 2 fully saturated rings. The van der Waals surface area contributed by atoms with Crippen LogP contribution in [-0.2, 0) is 4.79 Å². The molecule has 4 heterocycles. The largest absolute Gasteiger partial charge is 0.481 e. The first-order valence-electron chi connectivity index (χ1n) is 7.71. The fourth-order valence-electron chi connectivity index (χ4n) is 2.97. The van der Waals surface area contributed by atoms with Gasteiger partial charge in [0.25, 0.3) is 0 Å². The molecule has 0 radical (unpaired) electrons.